The first-order valence-electron chi connectivity index (χ1n) is 29.5. The van der Waals surface area contributed by atoms with E-state index in [9.17, 15) is 59.1 Å². The van der Waals surface area contributed by atoms with Gasteiger partial charge < -0.3 is 74.6 Å². The molecule has 0 aliphatic carbocycles. The molecule has 7 rings (SSSR count). The second-order valence-electron chi connectivity index (χ2n) is 18.7. The lowest BCUT2D eigenvalue weighted by Gasteiger charge is -2.12. The number of nitrogen functional groups attached to an aromatic ring is 2. The minimum absolute atomic E-state index is 0. The van der Waals surface area contributed by atoms with Crippen LogP contribution in [0.3, 0.4) is 0 Å². The number of carbonyl (C=O) groups is 5. The number of aromatic amines is 1. The summed E-state index contributed by atoms with van der Waals surface area (Å²) in [6, 6.07) is 27.8. The number of benzene rings is 6. The molecule has 0 saturated carbocycles. The zero-order valence-electron chi connectivity index (χ0n) is 62.0. The largest absolute Gasteiger partial charge is 0.507 e. The minimum atomic E-state index is -0.759. The molecule has 574 valence electrons. The van der Waals surface area contributed by atoms with E-state index in [1.807, 2.05) is 30.0 Å². The molecule has 30 nitrogen and oxygen atoms in total. The van der Waals surface area contributed by atoms with E-state index in [0.29, 0.717) is 52.9 Å². The standard InChI is InChI=1S/C13H14BrNO5.C12H10BrNO4.C7H6BrNO3.C7H8BrNO.C6H4BrNO3.C6H6N2O3.C6H6O4.2CH4.B6.B5.B4.B3.B2.2B.H2/c1-18-10-6-4-5-8(12(10)14)15-9(13(17)20-3)7-11(16)19-2;1-17-9-4-3-6-8(15)5-7(12(16)18-2)14-11(6)10(9)13;1-12-6-4-2-3-5(7(6)8)9(10)11;1-10-6-4-2-3-5(9)7(6)8;2*7-6-4(8(10)11)2-1-3-5(6)9;1-9-5(7)3-4-6(8)10-2;;;1-5(2)6(3)4;1-4-5(2)3;1-4(2)3;1-3-2;1-2;;;/h4-7,15H,1-3H3;3-5H,1-2H3,(H,14,15);2-4H,1H3;2-4H,9H2,1H3;1-3,9H;1-3,9H,7H2;1-2H3;2*1H4;;;;;;;;1H/b9-7+;;;;;;;;;;;;;;;;/i;;;;;;;;;;;;;;;;1+1. The molecule has 1 aromatic heterocycles. The van der Waals surface area contributed by atoms with Gasteiger partial charge in [0.2, 0.25) is 0 Å². The molecule has 0 amide bonds. The number of methoxy groups -OCH3 is 9. The second-order valence-corrected chi connectivity index (χ2v) is 22.7. The highest BCUT2D eigenvalue weighted by Gasteiger charge is 2.19. The molecular weight excluding hydrogens is 1810 g/mol. The van der Waals surface area contributed by atoms with Crippen LogP contribution in [0, 0.1) is 42.2 Å². The van der Waals surface area contributed by atoms with Crippen molar-refractivity contribution in [3.63, 3.8) is 0 Å². The Bertz CT molecular complexity index is 4190. The number of pyridine rings is 1. The average Bonchev–Trinajstić information content (AvgIpc) is 0.785. The van der Waals surface area contributed by atoms with Crippen LogP contribution in [0.15, 0.2) is 148 Å². The first kappa shape index (κ1) is 126. The smallest absolute Gasteiger partial charge is 0.384 e. The summed E-state index contributed by atoms with van der Waals surface area (Å²) >= 11 is 15.9. The van der Waals surface area contributed by atoms with Crippen LogP contribution < -0.4 is 41.2 Å². The van der Waals surface area contributed by atoms with Gasteiger partial charge in [-0.05, 0) is 134 Å². The molecule has 0 fully saturated rings. The van der Waals surface area contributed by atoms with Crippen molar-refractivity contribution in [1.82, 2.24) is 4.98 Å². The summed E-state index contributed by atoms with van der Waals surface area (Å²) in [5.41, 5.74) is 11.7. The van der Waals surface area contributed by atoms with E-state index >= 15 is 0 Å². The monoisotopic (exact) mass is 1880 g/mol. The Hall–Kier alpha value is -8.59. The van der Waals surface area contributed by atoms with Gasteiger partial charge in [-0.15, -0.1) is 0 Å². The van der Waals surface area contributed by atoms with Gasteiger partial charge in [0, 0.05) is 213 Å². The summed E-state index contributed by atoms with van der Waals surface area (Å²) in [7, 11) is 79.8. The molecule has 6 aromatic carbocycles. The van der Waals surface area contributed by atoms with Gasteiger partial charge in [0.15, 0.2) is 11.1 Å². The molecule has 0 bridgehead atoms. The number of nitrogens with two attached hydrogens (primary N) is 2. The molecule has 0 atom stereocenters. The number of aromatic nitrogens is 1. The number of carbonyl (C=O) groups excluding carboxylic acids is 5. The van der Waals surface area contributed by atoms with E-state index in [0.717, 1.165) is 23.4 Å². The van der Waals surface area contributed by atoms with Crippen molar-refractivity contribution in [2.24, 2.45) is 0 Å². The highest BCUT2D eigenvalue weighted by Crippen LogP contribution is 2.36. The van der Waals surface area contributed by atoms with E-state index in [1.165, 1.54) is 112 Å². The van der Waals surface area contributed by atoms with Gasteiger partial charge in [-0.1, -0.05) is 45.2 Å². The Kier molecular flexibility index (Phi) is 78.8. The van der Waals surface area contributed by atoms with Gasteiger partial charge >= 0.3 is 29.8 Å². The lowest BCUT2D eigenvalue weighted by Crippen LogP contribution is -2.38. The van der Waals surface area contributed by atoms with Gasteiger partial charge in [0.25, 0.3) is 17.1 Å². The maximum Gasteiger partial charge on any atom is 0.384 e. The van der Waals surface area contributed by atoms with Gasteiger partial charge in [0.05, 0.1) is 109 Å². The topological polar surface area (TPSA) is 435 Å². The van der Waals surface area contributed by atoms with Crippen LogP contribution in [0.4, 0.5) is 34.1 Å². The summed E-state index contributed by atoms with van der Waals surface area (Å²) in [6.07, 6.45) is -1.30. The molecule has 0 spiro atoms. The Morgan fingerprint density at radius 2 is 0.914 bits per heavy atom. The number of nitrogens with zero attached hydrogens (tertiary/aromatic N) is 3. The number of phenols is 2. The van der Waals surface area contributed by atoms with E-state index in [2.05, 4.69) is 168 Å². The fourth-order valence-electron chi connectivity index (χ4n) is 6.02. The Labute approximate surface area is 743 Å². The third-order valence-electron chi connectivity index (χ3n) is 11.1. The zero-order chi connectivity index (χ0) is 87.7. The van der Waals surface area contributed by atoms with E-state index < -0.39 is 70.2 Å². The number of H-pyrrole nitrogens is 1. The van der Waals surface area contributed by atoms with Crippen LogP contribution in [0.2, 0.25) is 0 Å². The second kappa shape index (κ2) is 72.8. The maximum absolute atomic E-state index is 11.9. The van der Waals surface area contributed by atoms with Gasteiger partial charge in [-0.25, -0.2) is 24.0 Å². The number of esters is 5. The van der Waals surface area contributed by atoms with E-state index in [-0.39, 0.29) is 88.6 Å². The first-order chi connectivity index (χ1) is 52.5. The Balaban J connectivity index is -0.000000138. The van der Waals surface area contributed by atoms with Crippen molar-refractivity contribution in [3.8, 4) is 46.3 Å². The number of hydrogen-bond acceptors (Lipinski definition) is 26. The predicted molar refractivity (Wildman–Crippen MR) is 495 cm³/mol. The first-order valence-corrected chi connectivity index (χ1v) is 33.5. The molecular formula is C59H64B22Br5N7O23. The number of anilines is 3. The number of rotatable bonds is 14. The lowest BCUT2D eigenvalue weighted by molar-refractivity contribution is -0.385. The van der Waals surface area contributed by atoms with Crippen molar-refractivity contribution in [2.45, 2.75) is 14.9 Å². The van der Waals surface area contributed by atoms with Crippen LogP contribution >= 0.6 is 79.6 Å². The van der Waals surface area contributed by atoms with Crippen molar-refractivity contribution >= 4 is 319 Å². The third kappa shape index (κ3) is 52.9. The van der Waals surface area contributed by atoms with Crippen LogP contribution in [0.5, 0.6) is 34.5 Å². The molecule has 7 aromatic rings. The fourth-order valence-corrected chi connectivity index (χ4v) is 8.56. The number of halogens is 5. The third-order valence-corrected chi connectivity index (χ3v) is 15.2. The highest BCUT2D eigenvalue weighted by atomic mass is 79.9. The summed E-state index contributed by atoms with van der Waals surface area (Å²) in [5.74, 6) is 2.31. The highest BCUT2D eigenvalue weighted by molar-refractivity contribution is 9.11. The zero-order valence-corrected chi connectivity index (χ0v) is 70.0. The summed E-state index contributed by atoms with van der Waals surface area (Å²) in [4.78, 5) is 98.7. The van der Waals surface area contributed by atoms with Crippen molar-refractivity contribution < 1.29 is 93.0 Å². The number of nitro groups is 3. The van der Waals surface area contributed by atoms with Crippen LogP contribution in [-0.2, 0) is 42.9 Å². The molecule has 8 N–H and O–H groups in total. The molecule has 0 aliphatic rings. The van der Waals surface area contributed by atoms with Crippen molar-refractivity contribution in [1.29, 1.82) is 0 Å². The number of nitrogens with one attached hydrogen (secondary N) is 2. The van der Waals surface area contributed by atoms with Crippen LogP contribution in [0.25, 0.3) is 10.9 Å². The van der Waals surface area contributed by atoms with E-state index in [1.54, 1.807) is 49.6 Å². The Morgan fingerprint density at radius 3 is 1.27 bits per heavy atom. The van der Waals surface area contributed by atoms with Crippen LogP contribution in [-0.4, -0.2) is 289 Å². The normalized spacial score (nSPS) is 8.66. The number of fused-ring (bicyclic) bond motifs is 1. The molecule has 36 radical (unpaired) electrons. The predicted octanol–water partition coefficient (Wildman–Crippen LogP) is 4.01. The number of ether oxygens (including phenoxy) is 9. The van der Waals surface area contributed by atoms with Crippen LogP contribution in [0.1, 0.15) is 26.8 Å². The lowest BCUT2D eigenvalue weighted by atomic mass is 8.81. The summed E-state index contributed by atoms with van der Waals surface area (Å²) in [6.45, 7) is 0. The fraction of sp³-hybridized carbons (Fsp3) is 0.186. The number of nitro benzene ring substituents is 3. The van der Waals surface area contributed by atoms with Gasteiger partial charge in [0.1, 0.15) is 54.8 Å². The SMILES string of the molecule is C.C.COC(=O)/C=C(/Nc1cccc(OC)c1Br)C(=O)OC.COC(=O)C#CC(=O)OC.COC(=O)c1cc(=O)c2ccc(OC)c(Br)c2[nH]1.COc1cccc(N)c1Br.COc1cccc([N+](=O)[O-])c1Br.Nc1c(O)cccc1[N+](=O)[O-].O=[N+]([O-])c1cccc(O)c1Br.[2HH].[B].[B].[B]B([B])B([B])[B].[B]B([B])[B].[B][B].[B][B]B([B])[B].[B][B][B]. The number of phenolic OH excluding ortho intramolecular Hbond substituents is 2. The number of aromatic hydroxyl groups is 2. The van der Waals surface area contributed by atoms with Crippen molar-refractivity contribution in [2.75, 3.05) is 80.8 Å². The molecule has 1 heterocycles. The number of para-hydroxylation sites is 1. The maximum atomic E-state index is 11.9. The average molecular weight is 1880 g/mol. The molecule has 116 heavy (non-hydrogen) atoms. The van der Waals surface area contributed by atoms with Gasteiger partial charge in [-0.3, -0.25) is 35.1 Å². The molecule has 0 unspecified atom stereocenters. The quantitative estimate of drug-likeness (QED) is 0.00855. The molecule has 0 saturated heterocycles. The summed E-state index contributed by atoms with van der Waals surface area (Å²) in [5, 5.41) is 52.0. The van der Waals surface area contributed by atoms with Gasteiger partial charge in [-0.2, -0.15) is 0 Å². The number of hydrogen-bond donors (Lipinski definition) is 6. The minimum Gasteiger partial charge on any atom is -0.507 e. The van der Waals surface area contributed by atoms with Crippen molar-refractivity contribution in [3.05, 3.63) is 190 Å². The van der Waals surface area contributed by atoms with E-state index in [4.69, 9.17) is 94.8 Å². The summed E-state index contributed by atoms with van der Waals surface area (Å²) < 4.78 is 44.6. The molecule has 57 heteroatoms. The Morgan fingerprint density at radius 1 is 0.543 bits per heavy atom. The molecule has 0 aliphatic heterocycles.